The number of rotatable bonds is 7. The Kier molecular flexibility index (Phi) is 7.43. The van der Waals surface area contributed by atoms with Crippen LogP contribution >= 0.6 is 0 Å². The Morgan fingerprint density at radius 2 is 1.97 bits per heavy atom. The number of ether oxygens (including phenoxy) is 1. The molecule has 3 rings (SSSR count). The van der Waals surface area contributed by atoms with Crippen LogP contribution in [0.25, 0.3) is 11.2 Å². The monoisotopic (exact) mass is 447 g/mol. The fraction of sp³-hybridized carbons (Fsp3) is 0.727. The van der Waals surface area contributed by atoms with Crippen LogP contribution in [0.4, 0.5) is 16.6 Å². The fourth-order valence-corrected chi connectivity index (χ4v) is 3.65. The lowest BCUT2D eigenvalue weighted by molar-refractivity contribution is 0.0210. The molecule has 1 fully saturated rings. The van der Waals surface area contributed by atoms with Gasteiger partial charge in [0.25, 0.3) is 0 Å². The first-order chi connectivity index (χ1) is 15.1. The number of aliphatic hydroxyl groups excluding tert-OH is 1. The molecule has 3 N–H and O–H groups in total. The number of amides is 1. The van der Waals surface area contributed by atoms with Crippen LogP contribution in [0.15, 0.2) is 6.33 Å². The lowest BCUT2D eigenvalue weighted by Gasteiger charge is -2.34. The van der Waals surface area contributed by atoms with E-state index in [0.29, 0.717) is 24.9 Å². The molecule has 32 heavy (non-hydrogen) atoms. The van der Waals surface area contributed by atoms with Gasteiger partial charge in [0, 0.05) is 25.2 Å². The van der Waals surface area contributed by atoms with Crippen molar-refractivity contribution in [2.75, 3.05) is 30.3 Å². The number of nitrogens with zero attached hydrogens (tertiary/aromatic N) is 5. The summed E-state index contributed by atoms with van der Waals surface area (Å²) >= 11 is 0. The largest absolute Gasteiger partial charge is 0.444 e. The molecule has 0 radical (unpaired) electrons. The van der Waals surface area contributed by atoms with E-state index in [1.54, 1.807) is 11.2 Å². The predicted molar refractivity (Wildman–Crippen MR) is 125 cm³/mol. The average molecular weight is 448 g/mol. The fourth-order valence-electron chi connectivity index (χ4n) is 3.65. The van der Waals surface area contributed by atoms with Gasteiger partial charge in [0.15, 0.2) is 17.0 Å². The highest BCUT2D eigenvalue weighted by Crippen LogP contribution is 2.26. The number of aromatic nitrogens is 4. The molecule has 1 amide bonds. The molecule has 3 heterocycles. The minimum absolute atomic E-state index is 0.00717. The van der Waals surface area contributed by atoms with Gasteiger partial charge in [0.2, 0.25) is 5.95 Å². The van der Waals surface area contributed by atoms with Crippen molar-refractivity contribution in [1.29, 1.82) is 0 Å². The van der Waals surface area contributed by atoms with Crippen molar-refractivity contribution < 1.29 is 14.6 Å². The number of imidazole rings is 1. The Balaban J connectivity index is 1.77. The van der Waals surface area contributed by atoms with E-state index in [1.807, 2.05) is 32.3 Å². The highest BCUT2D eigenvalue weighted by molar-refractivity contribution is 5.84. The van der Waals surface area contributed by atoms with Gasteiger partial charge >= 0.3 is 6.09 Å². The summed E-state index contributed by atoms with van der Waals surface area (Å²) in [5, 5.41) is 16.3. The van der Waals surface area contributed by atoms with Crippen LogP contribution < -0.4 is 10.6 Å². The molecule has 1 aliphatic rings. The standard InChI is InChI=1S/C22H37N7O3/c1-7-15(12-30)25-20-26-18(17-19(27-20)29(13-23-17)14(2)3)24-16-8-10-28(11-9-16)21(31)32-22(4,5)6/h13-16,30H,7-12H2,1-6H3,(H2,24,25,26,27)/t15-/m1/s1. The number of likely N-dealkylation sites (tertiary alicyclic amines) is 1. The highest BCUT2D eigenvalue weighted by Gasteiger charge is 2.28. The summed E-state index contributed by atoms with van der Waals surface area (Å²) in [6.07, 6.45) is 3.84. The van der Waals surface area contributed by atoms with Gasteiger partial charge in [-0.2, -0.15) is 9.97 Å². The molecule has 0 aromatic carbocycles. The molecule has 10 nitrogen and oxygen atoms in total. The van der Waals surface area contributed by atoms with E-state index in [2.05, 4.69) is 39.4 Å². The molecule has 0 bridgehead atoms. The molecule has 1 saturated heterocycles. The second-order valence-electron chi connectivity index (χ2n) is 9.63. The zero-order valence-electron chi connectivity index (χ0n) is 20.1. The van der Waals surface area contributed by atoms with Gasteiger partial charge in [-0.1, -0.05) is 6.92 Å². The summed E-state index contributed by atoms with van der Waals surface area (Å²) in [6.45, 7) is 13.0. The summed E-state index contributed by atoms with van der Waals surface area (Å²) < 4.78 is 7.50. The van der Waals surface area contributed by atoms with Crippen LogP contribution in [0.3, 0.4) is 0 Å². The SMILES string of the molecule is CC[C@H](CO)Nc1nc(NC2CCN(C(=O)OC(C)(C)C)CC2)c2ncn(C(C)C)c2n1. The number of carbonyl (C=O) groups excluding carboxylic acids is 1. The van der Waals surface area contributed by atoms with Crippen molar-refractivity contribution in [2.24, 2.45) is 0 Å². The zero-order chi connectivity index (χ0) is 23.5. The molecule has 2 aromatic rings. The van der Waals surface area contributed by atoms with Gasteiger partial charge in [-0.25, -0.2) is 9.78 Å². The highest BCUT2D eigenvalue weighted by atomic mass is 16.6. The third-order valence-electron chi connectivity index (χ3n) is 5.51. The number of carbonyl (C=O) groups is 1. The van der Waals surface area contributed by atoms with E-state index < -0.39 is 5.60 Å². The lowest BCUT2D eigenvalue weighted by atomic mass is 10.1. The van der Waals surface area contributed by atoms with Crippen LogP contribution in [0, 0.1) is 0 Å². The topological polar surface area (TPSA) is 117 Å². The van der Waals surface area contributed by atoms with E-state index in [4.69, 9.17) is 4.74 Å². The van der Waals surface area contributed by atoms with E-state index in [-0.39, 0.29) is 30.8 Å². The Bertz CT molecular complexity index is 910. The maximum absolute atomic E-state index is 12.3. The van der Waals surface area contributed by atoms with Gasteiger partial charge in [-0.15, -0.1) is 0 Å². The number of nitrogens with one attached hydrogen (secondary N) is 2. The second kappa shape index (κ2) is 9.89. The van der Waals surface area contributed by atoms with Crippen molar-refractivity contribution in [2.45, 2.75) is 84.5 Å². The average Bonchev–Trinajstić information content (AvgIpc) is 3.16. The molecular formula is C22H37N7O3. The van der Waals surface area contributed by atoms with Crippen LogP contribution in [0.1, 0.15) is 66.8 Å². The molecule has 0 saturated carbocycles. The van der Waals surface area contributed by atoms with Crippen molar-refractivity contribution >= 4 is 29.0 Å². The van der Waals surface area contributed by atoms with Gasteiger partial charge in [-0.05, 0) is 53.9 Å². The molecule has 178 valence electrons. The predicted octanol–water partition coefficient (Wildman–Crippen LogP) is 3.40. The van der Waals surface area contributed by atoms with Crippen molar-refractivity contribution in [3.05, 3.63) is 6.33 Å². The minimum Gasteiger partial charge on any atom is -0.444 e. The Labute approximate surface area is 189 Å². The van der Waals surface area contributed by atoms with Gasteiger partial charge < -0.3 is 29.9 Å². The number of fused-ring (bicyclic) bond motifs is 1. The van der Waals surface area contributed by atoms with Crippen molar-refractivity contribution in [3.63, 3.8) is 0 Å². The minimum atomic E-state index is -0.498. The van der Waals surface area contributed by atoms with Crippen molar-refractivity contribution in [3.8, 4) is 0 Å². The molecule has 1 aliphatic heterocycles. The Hall–Kier alpha value is -2.62. The third-order valence-corrected chi connectivity index (χ3v) is 5.51. The first-order valence-corrected chi connectivity index (χ1v) is 11.5. The molecule has 1 atom stereocenters. The Morgan fingerprint density at radius 1 is 1.28 bits per heavy atom. The summed E-state index contributed by atoms with van der Waals surface area (Å²) in [4.78, 5) is 28.0. The second-order valence-corrected chi connectivity index (χ2v) is 9.63. The van der Waals surface area contributed by atoms with E-state index >= 15 is 0 Å². The van der Waals surface area contributed by atoms with Crippen LogP contribution in [-0.4, -0.2) is 73.0 Å². The van der Waals surface area contributed by atoms with E-state index in [9.17, 15) is 9.90 Å². The first-order valence-electron chi connectivity index (χ1n) is 11.5. The molecule has 0 unspecified atom stereocenters. The van der Waals surface area contributed by atoms with Crippen LogP contribution in [-0.2, 0) is 4.74 Å². The number of piperidine rings is 1. The maximum Gasteiger partial charge on any atom is 0.410 e. The summed E-state index contributed by atoms with van der Waals surface area (Å²) in [6, 6.07) is 0.240. The smallest absolute Gasteiger partial charge is 0.410 e. The maximum atomic E-state index is 12.3. The van der Waals surface area contributed by atoms with Crippen LogP contribution in [0.2, 0.25) is 0 Å². The summed E-state index contributed by atoms with van der Waals surface area (Å²) in [5.74, 6) is 1.13. The number of aliphatic hydroxyl groups is 1. The van der Waals surface area contributed by atoms with Gasteiger partial charge in [-0.3, -0.25) is 0 Å². The quantitative estimate of drug-likeness (QED) is 0.591. The number of hydrogen-bond donors (Lipinski definition) is 3. The zero-order valence-corrected chi connectivity index (χ0v) is 20.1. The normalized spacial score (nSPS) is 16.4. The van der Waals surface area contributed by atoms with Crippen LogP contribution in [0.5, 0.6) is 0 Å². The molecule has 10 heteroatoms. The summed E-state index contributed by atoms with van der Waals surface area (Å²) in [7, 11) is 0. The Morgan fingerprint density at radius 3 is 2.53 bits per heavy atom. The lowest BCUT2D eigenvalue weighted by Crippen LogP contribution is -2.44. The molecule has 0 aliphatic carbocycles. The number of hydrogen-bond acceptors (Lipinski definition) is 8. The number of anilines is 2. The molecule has 2 aromatic heterocycles. The summed E-state index contributed by atoms with van der Waals surface area (Å²) in [5.41, 5.74) is 0.970. The van der Waals surface area contributed by atoms with E-state index in [1.165, 1.54) is 0 Å². The first kappa shape index (κ1) is 24.0. The van der Waals surface area contributed by atoms with E-state index in [0.717, 1.165) is 30.4 Å². The van der Waals surface area contributed by atoms with Gasteiger partial charge in [0.1, 0.15) is 5.60 Å². The molecule has 0 spiro atoms. The molecular weight excluding hydrogens is 410 g/mol. The van der Waals surface area contributed by atoms with Gasteiger partial charge in [0.05, 0.1) is 19.0 Å². The van der Waals surface area contributed by atoms with Crippen molar-refractivity contribution in [1.82, 2.24) is 24.4 Å². The third kappa shape index (κ3) is 5.79.